The number of amides is 1. The molecule has 1 aromatic carbocycles. The number of aromatic nitrogens is 3. The standard InChI is InChI=1S/C18H15ClF3N5O3S2/c19-12-8-11(18(20,21)22)9-23-16(12)31-17-24-13-4-1-2-5-14(13)27(17)7-3-6-26-10-15(28)25-32(26,29)30/h1-2,4-5,8-9H,3,6-7,10H2,(H,25,28). The maximum atomic E-state index is 12.9. The Bertz CT molecular complexity index is 1300. The molecule has 1 aliphatic rings. The van der Waals surface area contributed by atoms with Gasteiger partial charge in [-0.25, -0.2) is 14.7 Å². The van der Waals surface area contributed by atoms with Crippen LogP contribution in [0.4, 0.5) is 13.2 Å². The number of carbonyl (C=O) groups excluding carboxylic acids is 1. The Morgan fingerprint density at radius 1 is 1.22 bits per heavy atom. The molecule has 14 heteroatoms. The summed E-state index contributed by atoms with van der Waals surface area (Å²) in [7, 11) is -3.82. The number of aryl methyl sites for hydroxylation is 1. The van der Waals surface area contributed by atoms with Gasteiger partial charge < -0.3 is 4.57 Å². The van der Waals surface area contributed by atoms with Crippen molar-refractivity contribution < 1.29 is 26.4 Å². The van der Waals surface area contributed by atoms with Gasteiger partial charge in [0.1, 0.15) is 5.03 Å². The topological polar surface area (TPSA) is 97.2 Å². The number of nitrogens with zero attached hydrogens (tertiary/aromatic N) is 4. The number of hydrogen-bond donors (Lipinski definition) is 1. The lowest BCUT2D eigenvalue weighted by Crippen LogP contribution is -2.31. The molecule has 0 unspecified atom stereocenters. The zero-order valence-electron chi connectivity index (χ0n) is 16.1. The normalized spacial score (nSPS) is 16.6. The predicted octanol–water partition coefficient (Wildman–Crippen LogP) is 3.32. The van der Waals surface area contributed by atoms with Crippen molar-refractivity contribution in [1.82, 2.24) is 23.6 Å². The monoisotopic (exact) mass is 505 g/mol. The number of imidazole rings is 1. The van der Waals surface area contributed by atoms with Gasteiger partial charge in [-0.1, -0.05) is 23.7 Å². The van der Waals surface area contributed by atoms with Gasteiger partial charge in [-0.3, -0.25) is 4.79 Å². The molecule has 0 spiro atoms. The first-order valence-electron chi connectivity index (χ1n) is 9.21. The molecule has 0 aliphatic carbocycles. The first-order valence-corrected chi connectivity index (χ1v) is 11.8. The van der Waals surface area contributed by atoms with Crippen molar-refractivity contribution in [2.75, 3.05) is 13.1 Å². The number of alkyl halides is 3. The Hall–Kier alpha value is -2.35. The van der Waals surface area contributed by atoms with Crippen molar-refractivity contribution in [3.8, 4) is 0 Å². The van der Waals surface area contributed by atoms with E-state index >= 15 is 0 Å². The van der Waals surface area contributed by atoms with Gasteiger partial charge in [0.05, 0.1) is 28.2 Å². The van der Waals surface area contributed by atoms with E-state index in [1.807, 2.05) is 21.4 Å². The van der Waals surface area contributed by atoms with Crippen molar-refractivity contribution in [1.29, 1.82) is 0 Å². The first kappa shape index (κ1) is 22.8. The fraction of sp³-hybridized carbons (Fsp3) is 0.278. The molecular weight excluding hydrogens is 491 g/mol. The maximum absolute atomic E-state index is 12.9. The molecule has 2 aromatic heterocycles. The number of pyridine rings is 1. The number of nitrogens with one attached hydrogen (secondary N) is 1. The van der Waals surface area contributed by atoms with Gasteiger partial charge in [-0.05, 0) is 36.4 Å². The van der Waals surface area contributed by atoms with E-state index in [9.17, 15) is 26.4 Å². The van der Waals surface area contributed by atoms with Gasteiger partial charge in [-0.15, -0.1) is 0 Å². The van der Waals surface area contributed by atoms with E-state index in [0.29, 0.717) is 29.8 Å². The van der Waals surface area contributed by atoms with Crippen molar-refractivity contribution >= 4 is 50.5 Å². The van der Waals surface area contributed by atoms with Crippen LogP contribution < -0.4 is 4.72 Å². The van der Waals surface area contributed by atoms with E-state index in [1.54, 1.807) is 12.1 Å². The van der Waals surface area contributed by atoms with Crippen LogP contribution >= 0.6 is 23.4 Å². The first-order chi connectivity index (χ1) is 15.0. The summed E-state index contributed by atoms with van der Waals surface area (Å²) in [6.07, 6.45) is -3.47. The summed E-state index contributed by atoms with van der Waals surface area (Å²) in [5, 5.41) is 0.447. The molecular formula is C18H15ClF3N5O3S2. The van der Waals surface area contributed by atoms with Gasteiger partial charge in [-0.2, -0.15) is 25.9 Å². The number of rotatable bonds is 6. The summed E-state index contributed by atoms with van der Waals surface area (Å²) in [5.41, 5.74) is 0.468. The molecule has 0 atom stereocenters. The van der Waals surface area contributed by atoms with Gasteiger partial charge in [0, 0.05) is 19.3 Å². The molecule has 1 N–H and O–H groups in total. The smallest absolute Gasteiger partial charge is 0.319 e. The number of fused-ring (bicyclic) bond motifs is 1. The highest BCUT2D eigenvalue weighted by Crippen LogP contribution is 2.37. The summed E-state index contributed by atoms with van der Waals surface area (Å²) in [4.78, 5) is 19.7. The second-order valence-electron chi connectivity index (χ2n) is 6.86. The Morgan fingerprint density at radius 2 is 1.97 bits per heavy atom. The maximum Gasteiger partial charge on any atom is 0.417 e. The molecule has 4 rings (SSSR count). The molecule has 170 valence electrons. The van der Waals surface area contributed by atoms with Crippen LogP contribution in [0.5, 0.6) is 0 Å². The molecule has 1 fully saturated rings. The summed E-state index contributed by atoms with van der Waals surface area (Å²) >= 11 is 7.05. The van der Waals surface area contributed by atoms with Crippen LogP contribution in [0.2, 0.25) is 5.02 Å². The van der Waals surface area contributed by atoms with Crippen LogP contribution in [-0.2, 0) is 27.7 Å². The van der Waals surface area contributed by atoms with E-state index in [4.69, 9.17) is 11.6 Å². The van der Waals surface area contributed by atoms with Gasteiger partial charge in [0.2, 0.25) is 5.91 Å². The average molecular weight is 506 g/mol. The highest BCUT2D eigenvalue weighted by Gasteiger charge is 2.33. The van der Waals surface area contributed by atoms with E-state index in [1.165, 1.54) is 0 Å². The fourth-order valence-electron chi connectivity index (χ4n) is 3.18. The SMILES string of the molecule is O=C1CN(CCCn2c(Sc3ncc(C(F)(F)F)cc3Cl)nc3ccccc32)S(=O)(=O)N1. The molecule has 1 amide bonds. The van der Waals surface area contributed by atoms with Gasteiger partial charge >= 0.3 is 16.4 Å². The summed E-state index contributed by atoms with van der Waals surface area (Å²) in [6.45, 7) is 0.220. The van der Waals surface area contributed by atoms with Crippen molar-refractivity contribution in [2.24, 2.45) is 0 Å². The van der Waals surface area contributed by atoms with Gasteiger partial charge in [0.25, 0.3) is 0 Å². The minimum atomic E-state index is -4.56. The fourth-order valence-corrected chi connectivity index (χ4v) is 5.48. The lowest BCUT2D eigenvalue weighted by atomic mass is 10.3. The minimum Gasteiger partial charge on any atom is -0.319 e. The third-order valence-corrected chi connectivity index (χ3v) is 7.52. The molecule has 1 saturated heterocycles. The lowest BCUT2D eigenvalue weighted by molar-refractivity contribution is -0.137. The quantitative estimate of drug-likeness (QED) is 0.552. The van der Waals surface area contributed by atoms with Gasteiger partial charge in [0.15, 0.2) is 5.16 Å². The average Bonchev–Trinajstić information content (AvgIpc) is 3.18. The van der Waals surface area contributed by atoms with Crippen LogP contribution in [-0.4, -0.2) is 46.3 Å². The number of halogens is 4. The van der Waals surface area contributed by atoms with E-state index in [0.717, 1.165) is 27.7 Å². The van der Waals surface area contributed by atoms with Crippen molar-refractivity contribution in [2.45, 2.75) is 29.3 Å². The molecule has 3 aromatic rings. The third-order valence-electron chi connectivity index (χ3n) is 4.63. The highest BCUT2D eigenvalue weighted by molar-refractivity contribution is 7.99. The second-order valence-corrected chi connectivity index (χ2v) is 9.90. The molecule has 8 nitrogen and oxygen atoms in total. The van der Waals surface area contributed by atoms with Crippen LogP contribution in [0, 0.1) is 0 Å². The molecule has 0 bridgehead atoms. The predicted molar refractivity (Wildman–Crippen MR) is 111 cm³/mol. The molecule has 3 heterocycles. The molecule has 0 radical (unpaired) electrons. The zero-order chi connectivity index (χ0) is 23.1. The van der Waals surface area contributed by atoms with Crippen LogP contribution in [0.1, 0.15) is 12.0 Å². The molecule has 32 heavy (non-hydrogen) atoms. The number of carbonyl (C=O) groups is 1. The van der Waals surface area contributed by atoms with Crippen molar-refractivity contribution in [3.05, 3.63) is 47.1 Å². The lowest BCUT2D eigenvalue weighted by Gasteiger charge is -2.14. The number of benzene rings is 1. The molecule has 1 aliphatic heterocycles. The van der Waals surface area contributed by atoms with Crippen LogP contribution in [0.3, 0.4) is 0 Å². The van der Waals surface area contributed by atoms with Crippen LogP contribution in [0.25, 0.3) is 11.0 Å². The third kappa shape index (κ3) is 4.70. The second kappa shape index (κ2) is 8.54. The summed E-state index contributed by atoms with van der Waals surface area (Å²) in [6, 6.07) is 8.03. The Labute approximate surface area is 190 Å². The minimum absolute atomic E-state index is 0.108. The van der Waals surface area contributed by atoms with E-state index < -0.39 is 27.9 Å². The Kier molecular flexibility index (Phi) is 6.09. The zero-order valence-corrected chi connectivity index (χ0v) is 18.5. The summed E-state index contributed by atoms with van der Waals surface area (Å²) in [5.74, 6) is -0.586. The summed E-state index contributed by atoms with van der Waals surface area (Å²) < 4.78 is 67.2. The Balaban J connectivity index is 1.58. The molecule has 0 saturated carbocycles. The van der Waals surface area contributed by atoms with Crippen molar-refractivity contribution in [3.63, 3.8) is 0 Å². The van der Waals surface area contributed by atoms with E-state index in [2.05, 4.69) is 9.97 Å². The number of hydrogen-bond acceptors (Lipinski definition) is 6. The largest absolute Gasteiger partial charge is 0.417 e. The number of para-hydroxylation sites is 2. The van der Waals surface area contributed by atoms with E-state index in [-0.39, 0.29) is 23.1 Å². The highest BCUT2D eigenvalue weighted by atomic mass is 35.5. The Morgan fingerprint density at radius 3 is 2.62 bits per heavy atom. The van der Waals surface area contributed by atoms with Crippen LogP contribution in [0.15, 0.2) is 46.7 Å².